The molecule has 5 N–H and O–H groups in total. The summed E-state index contributed by atoms with van der Waals surface area (Å²) in [6.45, 7) is 2.87. The molecular weight excluding hydrogens is 226 g/mol. The lowest BCUT2D eigenvalue weighted by molar-refractivity contribution is 0.174. The molecular formula is C10H17N3O2S. The molecule has 0 saturated heterocycles. The van der Waals surface area contributed by atoms with Crippen LogP contribution in [0.3, 0.4) is 0 Å². The maximum atomic E-state index is 9.75. The molecule has 16 heavy (non-hydrogen) atoms. The van der Waals surface area contributed by atoms with Crippen LogP contribution in [0, 0.1) is 5.92 Å². The van der Waals surface area contributed by atoms with Crippen LogP contribution in [-0.4, -0.2) is 29.2 Å². The van der Waals surface area contributed by atoms with Crippen molar-refractivity contribution in [3.63, 3.8) is 0 Å². The molecule has 0 aliphatic carbocycles. The van der Waals surface area contributed by atoms with Crippen LogP contribution in [-0.2, 0) is 0 Å². The molecule has 1 rings (SSSR count). The first-order valence-corrected chi connectivity index (χ1v) is 5.97. The van der Waals surface area contributed by atoms with Crippen LogP contribution < -0.4 is 11.1 Å². The Morgan fingerprint density at radius 2 is 2.38 bits per heavy atom. The Hall–Kier alpha value is -1.11. The molecule has 0 amide bonds. The van der Waals surface area contributed by atoms with E-state index in [0.29, 0.717) is 13.1 Å². The number of nitrogens with zero attached hydrogens (tertiary/aromatic N) is 1. The molecule has 5 nitrogen and oxygen atoms in total. The molecule has 2 atom stereocenters. The van der Waals surface area contributed by atoms with Gasteiger partial charge in [-0.1, -0.05) is 12.1 Å². The minimum Gasteiger partial charge on any atom is -0.409 e. The Balaban J connectivity index is 2.26. The van der Waals surface area contributed by atoms with Gasteiger partial charge in [0, 0.05) is 19.0 Å². The van der Waals surface area contributed by atoms with Gasteiger partial charge in [0.2, 0.25) is 0 Å². The van der Waals surface area contributed by atoms with Gasteiger partial charge in [0.25, 0.3) is 0 Å². The third-order valence-electron chi connectivity index (χ3n) is 2.34. The number of hydrogen-bond acceptors (Lipinski definition) is 5. The van der Waals surface area contributed by atoms with Crippen LogP contribution in [0.4, 0.5) is 0 Å². The van der Waals surface area contributed by atoms with Crippen molar-refractivity contribution >= 4 is 17.2 Å². The van der Waals surface area contributed by atoms with Gasteiger partial charge < -0.3 is 21.4 Å². The van der Waals surface area contributed by atoms with Crippen molar-refractivity contribution < 1.29 is 10.3 Å². The molecule has 90 valence electrons. The number of aliphatic hydroxyl groups is 1. The highest BCUT2D eigenvalue weighted by Gasteiger charge is 2.10. The SMILES string of the molecule is CC(CNCC(O)c1ccsc1)/C(N)=N/O. The van der Waals surface area contributed by atoms with Crippen molar-refractivity contribution in [1.82, 2.24) is 5.32 Å². The minimum absolute atomic E-state index is 0.0559. The molecule has 0 bridgehead atoms. The standard InChI is InChI=1S/C10H17N3O2S/c1-7(10(11)13-15)4-12-5-9(14)8-2-3-16-6-8/h2-3,6-7,9,12,14-15H,4-5H2,1H3,(H2,11,13). The largest absolute Gasteiger partial charge is 0.409 e. The molecule has 0 spiro atoms. The number of oxime groups is 1. The van der Waals surface area contributed by atoms with E-state index >= 15 is 0 Å². The molecule has 0 fully saturated rings. The lowest BCUT2D eigenvalue weighted by atomic mass is 10.1. The van der Waals surface area contributed by atoms with Crippen molar-refractivity contribution in [2.75, 3.05) is 13.1 Å². The monoisotopic (exact) mass is 243 g/mol. The smallest absolute Gasteiger partial charge is 0.143 e. The highest BCUT2D eigenvalue weighted by atomic mass is 32.1. The Kier molecular flexibility index (Phi) is 5.24. The van der Waals surface area contributed by atoms with E-state index in [-0.39, 0.29) is 11.8 Å². The first-order valence-electron chi connectivity index (χ1n) is 5.03. The topological polar surface area (TPSA) is 90.9 Å². The van der Waals surface area contributed by atoms with Gasteiger partial charge in [-0.15, -0.1) is 0 Å². The summed E-state index contributed by atoms with van der Waals surface area (Å²) in [6.07, 6.45) is -0.509. The molecule has 0 saturated carbocycles. The fraction of sp³-hybridized carbons (Fsp3) is 0.500. The first kappa shape index (κ1) is 13.0. The van der Waals surface area contributed by atoms with Crippen LogP contribution in [0.15, 0.2) is 22.0 Å². The number of rotatable bonds is 6. The van der Waals surface area contributed by atoms with E-state index < -0.39 is 6.10 Å². The van der Waals surface area contributed by atoms with Gasteiger partial charge >= 0.3 is 0 Å². The highest BCUT2D eigenvalue weighted by Crippen LogP contribution is 2.14. The second-order valence-electron chi connectivity index (χ2n) is 3.66. The summed E-state index contributed by atoms with van der Waals surface area (Å²) in [7, 11) is 0. The van der Waals surface area contributed by atoms with Gasteiger partial charge in [-0.05, 0) is 22.4 Å². The van der Waals surface area contributed by atoms with Gasteiger partial charge in [-0.25, -0.2) is 0 Å². The molecule has 2 unspecified atom stereocenters. The fourth-order valence-electron chi connectivity index (χ4n) is 1.22. The van der Waals surface area contributed by atoms with Crippen molar-refractivity contribution in [1.29, 1.82) is 0 Å². The van der Waals surface area contributed by atoms with Crippen LogP contribution in [0.5, 0.6) is 0 Å². The molecule has 0 aliphatic rings. The normalized spacial score (nSPS) is 16.0. The van der Waals surface area contributed by atoms with Gasteiger partial charge in [-0.3, -0.25) is 0 Å². The molecule has 1 aromatic heterocycles. The summed E-state index contributed by atoms with van der Waals surface area (Å²) in [6, 6.07) is 1.89. The van der Waals surface area contributed by atoms with Crippen molar-refractivity contribution in [3.05, 3.63) is 22.4 Å². The minimum atomic E-state index is -0.509. The highest BCUT2D eigenvalue weighted by molar-refractivity contribution is 7.07. The fourth-order valence-corrected chi connectivity index (χ4v) is 1.93. The number of thiophene rings is 1. The number of aliphatic hydroxyl groups excluding tert-OH is 1. The van der Waals surface area contributed by atoms with E-state index in [4.69, 9.17) is 10.9 Å². The average molecular weight is 243 g/mol. The first-order chi connectivity index (χ1) is 7.65. The van der Waals surface area contributed by atoms with E-state index in [1.54, 1.807) is 11.3 Å². The summed E-state index contributed by atoms with van der Waals surface area (Å²) in [5, 5.41) is 28.0. The number of nitrogens with two attached hydrogens (primary N) is 1. The zero-order chi connectivity index (χ0) is 12.0. The van der Waals surface area contributed by atoms with Crippen LogP contribution in [0.2, 0.25) is 0 Å². The predicted octanol–water partition coefficient (Wildman–Crippen LogP) is 0.754. The Morgan fingerprint density at radius 1 is 1.62 bits per heavy atom. The summed E-state index contributed by atoms with van der Waals surface area (Å²) in [5.41, 5.74) is 6.34. The molecule has 0 radical (unpaired) electrons. The van der Waals surface area contributed by atoms with Crippen LogP contribution >= 0.6 is 11.3 Å². The third kappa shape index (κ3) is 3.80. The van der Waals surface area contributed by atoms with E-state index in [9.17, 15) is 5.11 Å². The lowest BCUT2D eigenvalue weighted by Gasteiger charge is -2.13. The number of amidine groups is 1. The Labute approximate surface area is 98.6 Å². The van der Waals surface area contributed by atoms with Crippen molar-refractivity contribution in [2.45, 2.75) is 13.0 Å². The summed E-state index contributed by atoms with van der Waals surface area (Å²) >= 11 is 1.56. The summed E-state index contributed by atoms with van der Waals surface area (Å²) in [4.78, 5) is 0. The van der Waals surface area contributed by atoms with E-state index in [1.165, 1.54) is 0 Å². The van der Waals surface area contributed by atoms with E-state index in [0.717, 1.165) is 5.56 Å². The number of hydrogen-bond donors (Lipinski definition) is 4. The lowest BCUT2D eigenvalue weighted by Crippen LogP contribution is -2.33. The Morgan fingerprint density at radius 3 is 2.94 bits per heavy atom. The van der Waals surface area contributed by atoms with Crippen molar-refractivity contribution in [2.24, 2.45) is 16.8 Å². The van der Waals surface area contributed by atoms with Gasteiger partial charge in [0.15, 0.2) is 0 Å². The zero-order valence-electron chi connectivity index (χ0n) is 9.13. The van der Waals surface area contributed by atoms with Crippen LogP contribution in [0.25, 0.3) is 0 Å². The molecule has 0 aliphatic heterocycles. The molecule has 0 aromatic carbocycles. The maximum Gasteiger partial charge on any atom is 0.143 e. The van der Waals surface area contributed by atoms with Crippen molar-refractivity contribution in [3.8, 4) is 0 Å². The quantitative estimate of drug-likeness (QED) is 0.257. The summed E-state index contributed by atoms with van der Waals surface area (Å²) < 4.78 is 0. The second kappa shape index (κ2) is 6.47. The van der Waals surface area contributed by atoms with Gasteiger partial charge in [0.05, 0.1) is 6.10 Å². The Bertz CT molecular complexity index is 327. The van der Waals surface area contributed by atoms with E-state index in [1.807, 2.05) is 23.8 Å². The maximum absolute atomic E-state index is 9.75. The molecule has 1 aromatic rings. The second-order valence-corrected chi connectivity index (χ2v) is 4.44. The third-order valence-corrected chi connectivity index (χ3v) is 3.04. The predicted molar refractivity (Wildman–Crippen MR) is 64.7 cm³/mol. The number of nitrogens with one attached hydrogen (secondary N) is 1. The molecule has 1 heterocycles. The summed E-state index contributed by atoms with van der Waals surface area (Å²) in [5.74, 6) is 0.136. The zero-order valence-corrected chi connectivity index (χ0v) is 9.94. The molecule has 6 heteroatoms. The van der Waals surface area contributed by atoms with Gasteiger partial charge in [-0.2, -0.15) is 11.3 Å². The van der Waals surface area contributed by atoms with Gasteiger partial charge in [0.1, 0.15) is 5.84 Å². The van der Waals surface area contributed by atoms with E-state index in [2.05, 4.69) is 10.5 Å². The average Bonchev–Trinajstić information content (AvgIpc) is 2.81. The van der Waals surface area contributed by atoms with Crippen LogP contribution in [0.1, 0.15) is 18.6 Å².